The Balaban J connectivity index is 1.66. The molecule has 2 amide bonds. The topological polar surface area (TPSA) is 67.9 Å². The first-order chi connectivity index (χ1) is 17.7. The van der Waals surface area contributed by atoms with Gasteiger partial charge in [-0.25, -0.2) is 4.39 Å². The average Bonchev–Trinajstić information content (AvgIpc) is 2.83. The Morgan fingerprint density at radius 2 is 1.73 bits per heavy atom. The average molecular weight is 580 g/mol. The molecule has 1 saturated heterocycles. The molecule has 0 saturated carbocycles. The molecule has 190 valence electrons. The lowest BCUT2D eigenvalue weighted by Crippen LogP contribution is -2.54. The Labute approximate surface area is 232 Å². The number of nitrogens with zero attached hydrogens (tertiary/aromatic N) is 1. The van der Waals surface area contributed by atoms with Crippen LogP contribution in [0.15, 0.2) is 60.2 Å². The van der Waals surface area contributed by atoms with Crippen LogP contribution in [0.1, 0.15) is 18.1 Å². The molecule has 1 aliphatic heterocycles. The van der Waals surface area contributed by atoms with Crippen molar-refractivity contribution in [2.75, 3.05) is 11.5 Å². The molecule has 3 aromatic carbocycles. The first-order valence-electron chi connectivity index (χ1n) is 10.9. The zero-order chi connectivity index (χ0) is 26.7. The van der Waals surface area contributed by atoms with Gasteiger partial charge in [-0.1, -0.05) is 40.9 Å². The minimum absolute atomic E-state index is 0.0984. The highest BCUT2D eigenvalue weighted by molar-refractivity contribution is 7.80. The van der Waals surface area contributed by atoms with Crippen LogP contribution in [0, 0.1) is 5.82 Å². The van der Waals surface area contributed by atoms with Gasteiger partial charge < -0.3 is 9.47 Å². The van der Waals surface area contributed by atoms with Crippen molar-refractivity contribution < 1.29 is 23.5 Å². The van der Waals surface area contributed by atoms with Gasteiger partial charge in [-0.05, 0) is 79.3 Å². The summed E-state index contributed by atoms with van der Waals surface area (Å²) in [7, 11) is 0. The summed E-state index contributed by atoms with van der Waals surface area (Å²) in [6.45, 7) is 2.19. The van der Waals surface area contributed by atoms with Gasteiger partial charge in [0.15, 0.2) is 16.6 Å². The molecule has 0 aromatic heterocycles. The van der Waals surface area contributed by atoms with E-state index in [0.717, 1.165) is 4.90 Å². The summed E-state index contributed by atoms with van der Waals surface area (Å²) in [5.74, 6) is -1.25. The zero-order valence-electron chi connectivity index (χ0n) is 19.2. The second-order valence-electron chi connectivity index (χ2n) is 7.72. The van der Waals surface area contributed by atoms with Crippen molar-refractivity contribution in [1.29, 1.82) is 0 Å². The molecular weight excluding hydrogens is 562 g/mol. The lowest BCUT2D eigenvalue weighted by molar-refractivity contribution is -0.122. The highest BCUT2D eigenvalue weighted by Crippen LogP contribution is 2.38. The number of halogens is 4. The summed E-state index contributed by atoms with van der Waals surface area (Å²) in [5, 5.41) is 3.50. The van der Waals surface area contributed by atoms with E-state index >= 15 is 0 Å². The standard InChI is InChI=1S/C26H18Cl3FN2O4S/c1-2-35-22-11-14(10-21(29)23(22)36-13-15-3-4-16(27)12-20(15)28)9-19-24(33)31-26(37)32(25(19)34)18-7-5-17(30)6-8-18/h3-12H,2,13H2,1H3,(H,31,33,37)/b19-9-. The number of benzene rings is 3. The molecule has 1 heterocycles. The van der Waals surface area contributed by atoms with Crippen molar-refractivity contribution in [1.82, 2.24) is 5.32 Å². The minimum atomic E-state index is -0.680. The van der Waals surface area contributed by atoms with Crippen molar-refractivity contribution in [2.45, 2.75) is 13.5 Å². The van der Waals surface area contributed by atoms with Crippen molar-refractivity contribution in [3.8, 4) is 11.5 Å². The largest absolute Gasteiger partial charge is 0.490 e. The third-order valence-electron chi connectivity index (χ3n) is 5.22. The van der Waals surface area contributed by atoms with Crippen LogP contribution >= 0.6 is 47.0 Å². The van der Waals surface area contributed by atoms with Crippen LogP contribution in [0.5, 0.6) is 11.5 Å². The van der Waals surface area contributed by atoms with Crippen LogP contribution in [0.25, 0.3) is 6.08 Å². The summed E-state index contributed by atoms with van der Waals surface area (Å²) in [4.78, 5) is 27.0. The minimum Gasteiger partial charge on any atom is -0.490 e. The molecule has 1 aliphatic rings. The van der Waals surface area contributed by atoms with E-state index in [1.807, 2.05) is 0 Å². The van der Waals surface area contributed by atoms with Crippen LogP contribution in [-0.4, -0.2) is 23.5 Å². The molecule has 3 aromatic rings. The number of amides is 2. The number of carbonyl (C=O) groups excluding carboxylic acids is 2. The Morgan fingerprint density at radius 1 is 1.00 bits per heavy atom. The molecular formula is C26H18Cl3FN2O4S. The molecule has 1 N–H and O–H groups in total. The summed E-state index contributed by atoms with van der Waals surface area (Å²) in [6.07, 6.45) is 1.37. The maximum absolute atomic E-state index is 13.4. The molecule has 0 unspecified atom stereocenters. The fraction of sp³-hybridized carbons (Fsp3) is 0.115. The molecule has 0 spiro atoms. The van der Waals surface area contributed by atoms with Gasteiger partial charge in [0, 0.05) is 15.6 Å². The smallest absolute Gasteiger partial charge is 0.270 e. The van der Waals surface area contributed by atoms with Gasteiger partial charge in [-0.3, -0.25) is 19.8 Å². The van der Waals surface area contributed by atoms with E-state index < -0.39 is 17.6 Å². The predicted octanol–water partition coefficient (Wildman–Crippen LogP) is 6.59. The summed E-state index contributed by atoms with van der Waals surface area (Å²) < 4.78 is 25.0. The lowest BCUT2D eigenvalue weighted by atomic mass is 10.1. The van der Waals surface area contributed by atoms with Gasteiger partial charge in [0.05, 0.1) is 17.3 Å². The number of thiocarbonyl (C=S) groups is 1. The third kappa shape index (κ3) is 6.05. The van der Waals surface area contributed by atoms with Gasteiger partial charge in [-0.15, -0.1) is 0 Å². The van der Waals surface area contributed by atoms with Crippen LogP contribution in [-0.2, 0) is 16.2 Å². The van der Waals surface area contributed by atoms with E-state index in [2.05, 4.69) is 5.32 Å². The Kier molecular flexibility index (Phi) is 8.34. The molecule has 11 heteroatoms. The number of hydrogen-bond donors (Lipinski definition) is 1. The predicted molar refractivity (Wildman–Crippen MR) is 146 cm³/mol. The second-order valence-corrected chi connectivity index (χ2v) is 9.36. The van der Waals surface area contributed by atoms with Gasteiger partial charge in [0.1, 0.15) is 18.0 Å². The Morgan fingerprint density at radius 3 is 2.41 bits per heavy atom. The highest BCUT2D eigenvalue weighted by atomic mass is 35.5. The third-order valence-corrected chi connectivity index (χ3v) is 6.37. The van der Waals surface area contributed by atoms with E-state index in [1.165, 1.54) is 36.4 Å². The number of nitrogens with one attached hydrogen (secondary N) is 1. The van der Waals surface area contributed by atoms with Gasteiger partial charge in [-0.2, -0.15) is 0 Å². The Hall–Kier alpha value is -3.17. The molecule has 1 fully saturated rings. The fourth-order valence-electron chi connectivity index (χ4n) is 3.51. The quantitative estimate of drug-likeness (QED) is 0.194. The van der Waals surface area contributed by atoms with Crippen molar-refractivity contribution in [2.24, 2.45) is 0 Å². The van der Waals surface area contributed by atoms with E-state index in [4.69, 9.17) is 56.5 Å². The maximum atomic E-state index is 13.4. The normalized spacial score (nSPS) is 14.7. The number of carbonyl (C=O) groups is 2. The molecule has 4 rings (SSSR count). The van der Waals surface area contributed by atoms with E-state index in [9.17, 15) is 14.0 Å². The molecule has 0 atom stereocenters. The van der Waals surface area contributed by atoms with Crippen LogP contribution in [0.3, 0.4) is 0 Å². The Bertz CT molecular complexity index is 1430. The molecule has 0 radical (unpaired) electrons. The number of hydrogen-bond acceptors (Lipinski definition) is 5. The summed E-state index contributed by atoms with van der Waals surface area (Å²) >= 11 is 23.9. The second kappa shape index (κ2) is 11.5. The zero-order valence-corrected chi connectivity index (χ0v) is 22.3. The van der Waals surface area contributed by atoms with Gasteiger partial charge >= 0.3 is 0 Å². The van der Waals surface area contributed by atoms with Gasteiger partial charge in [0.2, 0.25) is 0 Å². The lowest BCUT2D eigenvalue weighted by Gasteiger charge is -2.29. The van der Waals surface area contributed by atoms with Crippen LogP contribution in [0.4, 0.5) is 10.1 Å². The highest BCUT2D eigenvalue weighted by Gasteiger charge is 2.34. The van der Waals surface area contributed by atoms with Crippen molar-refractivity contribution in [3.63, 3.8) is 0 Å². The summed E-state index contributed by atoms with van der Waals surface area (Å²) in [6, 6.07) is 13.3. The monoisotopic (exact) mass is 578 g/mol. The van der Waals surface area contributed by atoms with Crippen LogP contribution < -0.4 is 19.7 Å². The molecule has 37 heavy (non-hydrogen) atoms. The SMILES string of the molecule is CCOc1cc(/C=C2/C(=O)NC(=S)N(c3ccc(F)cc3)C2=O)cc(Cl)c1OCc1ccc(Cl)cc1Cl. The van der Waals surface area contributed by atoms with Crippen molar-refractivity contribution >= 4 is 75.7 Å². The van der Waals surface area contributed by atoms with E-state index in [1.54, 1.807) is 31.2 Å². The van der Waals surface area contributed by atoms with E-state index in [0.29, 0.717) is 39.2 Å². The number of ether oxygens (including phenoxy) is 2. The molecule has 0 bridgehead atoms. The number of rotatable bonds is 7. The van der Waals surface area contributed by atoms with E-state index in [-0.39, 0.29) is 28.1 Å². The summed E-state index contributed by atoms with van der Waals surface area (Å²) in [5.41, 5.74) is 1.21. The fourth-order valence-corrected chi connectivity index (χ4v) is 4.53. The van der Waals surface area contributed by atoms with Crippen molar-refractivity contribution in [3.05, 3.63) is 92.2 Å². The maximum Gasteiger partial charge on any atom is 0.270 e. The van der Waals surface area contributed by atoms with Gasteiger partial charge in [0.25, 0.3) is 11.8 Å². The van der Waals surface area contributed by atoms with Crippen LogP contribution in [0.2, 0.25) is 15.1 Å². The molecule has 0 aliphatic carbocycles. The number of anilines is 1. The first kappa shape index (κ1) is 26.9. The molecule has 6 nitrogen and oxygen atoms in total. The first-order valence-corrected chi connectivity index (χ1v) is 12.4.